The quantitative estimate of drug-likeness (QED) is 0.735. The average Bonchev–Trinajstić information content (AvgIpc) is 2.99. The number of rotatable bonds is 3. The Kier molecular flexibility index (Phi) is 3.61. The molecule has 0 fully saturated rings. The minimum Gasteiger partial charge on any atom is -0.232 e. The molecule has 0 N–H and O–H groups in total. The molecule has 0 atom stereocenters. The van der Waals surface area contributed by atoms with Gasteiger partial charge in [0.05, 0.1) is 15.3 Å². The number of nitrogens with zero attached hydrogens (tertiary/aromatic N) is 1. The van der Waals surface area contributed by atoms with Gasteiger partial charge in [0.1, 0.15) is 0 Å². The number of benzene rings is 2. The lowest BCUT2D eigenvalue weighted by Crippen LogP contribution is -2.03. The van der Waals surface area contributed by atoms with Crippen LogP contribution in [0.3, 0.4) is 0 Å². The summed E-state index contributed by atoms with van der Waals surface area (Å²) in [7, 11) is -3.59. The molecule has 0 spiro atoms. The number of thiazole rings is 1. The Morgan fingerprint density at radius 1 is 0.952 bits per heavy atom. The fourth-order valence-electron chi connectivity index (χ4n) is 2.04. The van der Waals surface area contributed by atoms with E-state index in [1.54, 1.807) is 29.8 Å². The van der Waals surface area contributed by atoms with Crippen LogP contribution in [0.4, 0.5) is 0 Å². The predicted molar refractivity (Wildman–Crippen MR) is 84.2 cm³/mol. The molecule has 0 saturated carbocycles. The van der Waals surface area contributed by atoms with E-state index in [2.05, 4.69) is 4.98 Å². The van der Waals surface area contributed by atoms with Crippen molar-refractivity contribution in [1.29, 1.82) is 0 Å². The molecular weight excluding hydrogens is 302 g/mol. The molecule has 3 rings (SSSR count). The Bertz CT molecular complexity index is 851. The summed E-state index contributed by atoms with van der Waals surface area (Å²) in [5.41, 5.74) is 3.46. The van der Waals surface area contributed by atoms with Gasteiger partial charge in [-0.3, -0.25) is 0 Å². The molecule has 3 aromatic rings. The Balaban J connectivity index is 2.13. The molecular formula is C16H13NO2S2. The molecule has 0 bridgehead atoms. The minimum absolute atomic E-state index is 0.127. The highest BCUT2D eigenvalue weighted by atomic mass is 32.2. The molecule has 0 saturated heterocycles. The van der Waals surface area contributed by atoms with Crippen LogP contribution in [0.1, 0.15) is 5.56 Å². The van der Waals surface area contributed by atoms with E-state index in [0.717, 1.165) is 11.1 Å². The van der Waals surface area contributed by atoms with Gasteiger partial charge in [-0.1, -0.05) is 48.0 Å². The van der Waals surface area contributed by atoms with Crippen LogP contribution >= 0.6 is 11.3 Å². The molecule has 1 aromatic heterocycles. The predicted octanol–water partition coefficient (Wildman–Crippen LogP) is 3.95. The average molecular weight is 315 g/mol. The van der Waals surface area contributed by atoms with E-state index in [-0.39, 0.29) is 9.92 Å². The van der Waals surface area contributed by atoms with Crippen LogP contribution in [0.25, 0.3) is 10.4 Å². The van der Waals surface area contributed by atoms with Crippen LogP contribution in [-0.2, 0) is 9.84 Å². The summed E-state index contributed by atoms with van der Waals surface area (Å²) >= 11 is 1.34. The van der Waals surface area contributed by atoms with Crippen molar-refractivity contribution in [2.24, 2.45) is 0 Å². The van der Waals surface area contributed by atoms with Crippen molar-refractivity contribution >= 4 is 21.2 Å². The zero-order valence-electron chi connectivity index (χ0n) is 11.4. The summed E-state index contributed by atoms with van der Waals surface area (Å²) in [6.07, 6.45) is 0. The second kappa shape index (κ2) is 5.42. The van der Waals surface area contributed by atoms with Crippen molar-refractivity contribution in [3.8, 4) is 10.4 Å². The SMILES string of the molecule is Cc1ccc(S(=O)(=O)c2ncsc2-c2ccccc2)cc1. The van der Waals surface area contributed by atoms with Gasteiger partial charge in [0.2, 0.25) is 9.84 Å². The third-order valence-corrected chi connectivity index (χ3v) is 5.87. The van der Waals surface area contributed by atoms with Gasteiger partial charge in [-0.05, 0) is 24.6 Å². The highest BCUT2D eigenvalue weighted by molar-refractivity contribution is 7.91. The number of sulfone groups is 1. The third kappa shape index (κ3) is 2.62. The largest absolute Gasteiger partial charge is 0.232 e. The van der Waals surface area contributed by atoms with Gasteiger partial charge in [0.15, 0.2) is 5.03 Å². The van der Waals surface area contributed by atoms with Crippen molar-refractivity contribution in [3.63, 3.8) is 0 Å². The smallest absolute Gasteiger partial charge is 0.225 e. The van der Waals surface area contributed by atoms with Gasteiger partial charge in [-0.25, -0.2) is 13.4 Å². The molecule has 106 valence electrons. The highest BCUT2D eigenvalue weighted by Crippen LogP contribution is 2.33. The van der Waals surface area contributed by atoms with E-state index in [1.807, 2.05) is 37.3 Å². The van der Waals surface area contributed by atoms with Gasteiger partial charge in [0, 0.05) is 0 Å². The topological polar surface area (TPSA) is 47.0 Å². The summed E-state index contributed by atoms with van der Waals surface area (Å²) in [6.45, 7) is 1.93. The molecule has 0 radical (unpaired) electrons. The molecule has 0 aliphatic heterocycles. The van der Waals surface area contributed by atoms with Crippen molar-refractivity contribution in [3.05, 3.63) is 65.7 Å². The summed E-state index contributed by atoms with van der Waals surface area (Å²) in [5, 5.41) is 0.127. The van der Waals surface area contributed by atoms with Crippen LogP contribution in [0.2, 0.25) is 0 Å². The number of hydrogen-bond donors (Lipinski definition) is 0. The monoisotopic (exact) mass is 315 g/mol. The summed E-state index contributed by atoms with van der Waals surface area (Å²) in [5.74, 6) is 0. The molecule has 3 nitrogen and oxygen atoms in total. The van der Waals surface area contributed by atoms with Crippen LogP contribution in [0.5, 0.6) is 0 Å². The molecule has 21 heavy (non-hydrogen) atoms. The maximum Gasteiger partial charge on any atom is 0.225 e. The van der Waals surface area contributed by atoms with Gasteiger partial charge < -0.3 is 0 Å². The molecule has 1 heterocycles. The van der Waals surface area contributed by atoms with Gasteiger partial charge >= 0.3 is 0 Å². The van der Waals surface area contributed by atoms with E-state index in [0.29, 0.717) is 4.88 Å². The first-order chi connectivity index (χ1) is 10.1. The number of hydrogen-bond acceptors (Lipinski definition) is 4. The van der Waals surface area contributed by atoms with Crippen LogP contribution in [0, 0.1) is 6.92 Å². The van der Waals surface area contributed by atoms with E-state index in [1.165, 1.54) is 11.3 Å². The van der Waals surface area contributed by atoms with Crippen LogP contribution < -0.4 is 0 Å². The van der Waals surface area contributed by atoms with E-state index in [4.69, 9.17) is 0 Å². The zero-order valence-corrected chi connectivity index (χ0v) is 13.0. The summed E-state index contributed by atoms with van der Waals surface area (Å²) < 4.78 is 25.5. The Hall–Kier alpha value is -1.98. The van der Waals surface area contributed by atoms with Gasteiger partial charge in [0.25, 0.3) is 0 Å². The first-order valence-electron chi connectivity index (χ1n) is 6.40. The highest BCUT2D eigenvalue weighted by Gasteiger charge is 2.24. The van der Waals surface area contributed by atoms with Crippen LogP contribution in [0.15, 0.2) is 70.0 Å². The summed E-state index contributed by atoms with van der Waals surface area (Å²) in [6, 6.07) is 16.3. The number of aromatic nitrogens is 1. The molecule has 0 aliphatic rings. The fraction of sp³-hybridized carbons (Fsp3) is 0.0625. The normalized spacial score (nSPS) is 11.5. The first kappa shape index (κ1) is 14.0. The number of aryl methyl sites for hydroxylation is 1. The van der Waals surface area contributed by atoms with Crippen molar-refractivity contribution in [2.75, 3.05) is 0 Å². The molecule has 0 aliphatic carbocycles. The van der Waals surface area contributed by atoms with Gasteiger partial charge in [-0.15, -0.1) is 11.3 Å². The van der Waals surface area contributed by atoms with Crippen molar-refractivity contribution in [1.82, 2.24) is 4.98 Å². The molecule has 0 amide bonds. The fourth-order valence-corrected chi connectivity index (χ4v) is 4.54. The minimum atomic E-state index is -3.59. The zero-order chi connectivity index (χ0) is 14.9. The lowest BCUT2D eigenvalue weighted by atomic mass is 10.2. The Morgan fingerprint density at radius 2 is 1.62 bits per heavy atom. The lowest BCUT2D eigenvalue weighted by Gasteiger charge is -2.05. The second-order valence-electron chi connectivity index (χ2n) is 4.67. The standard InChI is InChI=1S/C16H13NO2S2/c1-12-7-9-14(10-8-12)21(18,19)16-15(20-11-17-16)13-5-3-2-4-6-13/h2-11H,1H3. The summed E-state index contributed by atoms with van der Waals surface area (Å²) in [4.78, 5) is 5.04. The lowest BCUT2D eigenvalue weighted by molar-refractivity contribution is 0.593. The van der Waals surface area contributed by atoms with Crippen molar-refractivity contribution < 1.29 is 8.42 Å². The van der Waals surface area contributed by atoms with E-state index in [9.17, 15) is 8.42 Å². The first-order valence-corrected chi connectivity index (χ1v) is 8.76. The second-order valence-corrected chi connectivity index (χ2v) is 7.39. The maximum absolute atomic E-state index is 12.7. The van der Waals surface area contributed by atoms with Crippen LogP contribution in [-0.4, -0.2) is 13.4 Å². The molecule has 0 unspecified atom stereocenters. The molecule has 2 aromatic carbocycles. The van der Waals surface area contributed by atoms with E-state index < -0.39 is 9.84 Å². The molecule has 5 heteroatoms. The Labute approximate surface area is 127 Å². The third-order valence-electron chi connectivity index (χ3n) is 3.16. The van der Waals surface area contributed by atoms with Gasteiger partial charge in [-0.2, -0.15) is 0 Å². The maximum atomic E-state index is 12.7. The van der Waals surface area contributed by atoms with Crippen molar-refractivity contribution in [2.45, 2.75) is 16.8 Å². The Morgan fingerprint density at radius 3 is 2.29 bits per heavy atom. The van der Waals surface area contributed by atoms with E-state index >= 15 is 0 Å².